The zero-order valence-corrected chi connectivity index (χ0v) is 21.8. The van der Waals surface area contributed by atoms with E-state index < -0.39 is 35.3 Å². The first-order valence-corrected chi connectivity index (χ1v) is 11.5. The molecule has 4 rings (SSSR count). The quantitative estimate of drug-likeness (QED) is 0.452. The van der Waals surface area contributed by atoms with Crippen LogP contribution in [0.15, 0.2) is 11.6 Å². The summed E-state index contributed by atoms with van der Waals surface area (Å²) in [6.45, 7) is 7.31. The van der Waals surface area contributed by atoms with Crippen molar-refractivity contribution in [1.29, 1.82) is 0 Å². The number of carboxylic acid groups (broad SMARTS) is 1. The predicted molar refractivity (Wildman–Crippen MR) is 109 cm³/mol. The maximum absolute atomic E-state index is 12.4. The van der Waals surface area contributed by atoms with Gasteiger partial charge in [0.25, 0.3) is 0 Å². The molecular formula is C24H33NaO7. The second kappa shape index (κ2) is 8.71. The molecular weight excluding hydrogens is 423 g/mol. The second-order valence-corrected chi connectivity index (χ2v) is 10.7. The minimum absolute atomic E-state index is 0. The van der Waals surface area contributed by atoms with Crippen LogP contribution in [-0.2, 0) is 19.1 Å². The Morgan fingerprint density at radius 3 is 2.50 bits per heavy atom. The smallest absolute Gasteiger partial charge is 0.546 e. The van der Waals surface area contributed by atoms with Crippen LogP contribution in [0, 0.1) is 28.6 Å². The fraction of sp³-hybridized carbons (Fsp3) is 0.792. The van der Waals surface area contributed by atoms with E-state index in [-0.39, 0.29) is 71.4 Å². The number of fused-ring (bicyclic) bond motifs is 5. The van der Waals surface area contributed by atoms with Crippen LogP contribution in [-0.4, -0.2) is 40.8 Å². The summed E-state index contributed by atoms with van der Waals surface area (Å²) in [7, 11) is 0. The number of ketones is 1. The molecule has 1 N–H and O–H groups in total. The number of allylic oxidation sites excluding steroid dienone is 1. The number of carbonyl (C=O) groups excluding carboxylic acids is 3. The third-order valence-electron chi connectivity index (χ3n) is 8.94. The molecule has 32 heavy (non-hydrogen) atoms. The van der Waals surface area contributed by atoms with Crippen LogP contribution in [0.4, 0.5) is 4.79 Å². The SMILES string of the molecule is CC(C)OC(=O)O[C@]1(C(=O)[O-])CCC2C3CCC4=CC(=O)CC[C@]4(C)C3[C@@H](O)C[C@@]21C.[Na+]. The maximum atomic E-state index is 12.4. The molecule has 3 saturated carbocycles. The third-order valence-corrected chi connectivity index (χ3v) is 8.94. The van der Waals surface area contributed by atoms with Gasteiger partial charge < -0.3 is 24.5 Å². The molecule has 0 heterocycles. The van der Waals surface area contributed by atoms with E-state index in [1.165, 1.54) is 0 Å². The Morgan fingerprint density at radius 2 is 1.88 bits per heavy atom. The molecule has 0 radical (unpaired) electrons. The molecule has 0 saturated heterocycles. The summed E-state index contributed by atoms with van der Waals surface area (Å²) in [5.74, 6) is -1.25. The molecule has 7 nitrogen and oxygen atoms in total. The molecule has 3 unspecified atom stereocenters. The molecule has 4 aliphatic carbocycles. The van der Waals surface area contributed by atoms with Gasteiger partial charge >= 0.3 is 35.7 Å². The van der Waals surface area contributed by atoms with Crippen molar-refractivity contribution >= 4 is 17.9 Å². The Bertz CT molecular complexity index is 838. The van der Waals surface area contributed by atoms with Gasteiger partial charge in [-0.05, 0) is 81.6 Å². The monoisotopic (exact) mass is 456 g/mol. The Hall–Kier alpha value is -0.890. The van der Waals surface area contributed by atoms with Crippen molar-refractivity contribution in [3.8, 4) is 0 Å². The van der Waals surface area contributed by atoms with Crippen LogP contribution in [0.5, 0.6) is 0 Å². The van der Waals surface area contributed by atoms with Crippen LogP contribution in [0.2, 0.25) is 0 Å². The first-order valence-electron chi connectivity index (χ1n) is 11.5. The van der Waals surface area contributed by atoms with Crippen molar-refractivity contribution in [2.24, 2.45) is 28.6 Å². The molecule has 0 amide bonds. The van der Waals surface area contributed by atoms with Gasteiger partial charge in [0.2, 0.25) is 0 Å². The zero-order valence-electron chi connectivity index (χ0n) is 19.8. The topological polar surface area (TPSA) is 113 Å². The maximum Gasteiger partial charge on any atom is 1.00 e. The Kier molecular flexibility index (Phi) is 7.01. The number of aliphatic hydroxyl groups excluding tert-OH is 1. The van der Waals surface area contributed by atoms with Gasteiger partial charge in [-0.25, -0.2) is 4.79 Å². The minimum atomic E-state index is -1.82. The van der Waals surface area contributed by atoms with E-state index >= 15 is 0 Å². The predicted octanol–water partition coefficient (Wildman–Crippen LogP) is -0.457. The van der Waals surface area contributed by atoms with Crippen molar-refractivity contribution < 1.29 is 63.6 Å². The summed E-state index contributed by atoms with van der Waals surface area (Å²) in [6, 6.07) is 0. The number of carbonyl (C=O) groups is 3. The van der Waals surface area contributed by atoms with Crippen LogP contribution in [0.1, 0.15) is 72.6 Å². The molecule has 7 atom stereocenters. The molecule has 0 aromatic heterocycles. The van der Waals surface area contributed by atoms with Crippen molar-refractivity contribution in [3.63, 3.8) is 0 Å². The number of aliphatic hydroxyl groups is 1. The number of hydrogen-bond donors (Lipinski definition) is 1. The summed E-state index contributed by atoms with van der Waals surface area (Å²) < 4.78 is 10.6. The van der Waals surface area contributed by atoms with E-state index in [1.807, 2.05) is 6.92 Å². The Balaban J connectivity index is 0.00000289. The Morgan fingerprint density at radius 1 is 1.19 bits per heavy atom. The van der Waals surface area contributed by atoms with Crippen molar-refractivity contribution in [2.75, 3.05) is 0 Å². The van der Waals surface area contributed by atoms with Crippen LogP contribution in [0.25, 0.3) is 0 Å². The third kappa shape index (κ3) is 3.68. The molecule has 4 aliphatic rings. The fourth-order valence-corrected chi connectivity index (χ4v) is 7.58. The molecule has 3 fully saturated rings. The van der Waals surface area contributed by atoms with E-state index in [9.17, 15) is 24.6 Å². The molecule has 172 valence electrons. The van der Waals surface area contributed by atoms with E-state index in [1.54, 1.807) is 19.9 Å². The first-order chi connectivity index (χ1) is 14.4. The molecule has 0 aromatic carbocycles. The van der Waals surface area contributed by atoms with Gasteiger partial charge in [0.15, 0.2) is 11.4 Å². The van der Waals surface area contributed by atoms with Crippen molar-refractivity contribution in [3.05, 3.63) is 11.6 Å². The van der Waals surface area contributed by atoms with Crippen LogP contribution >= 0.6 is 0 Å². The minimum Gasteiger partial charge on any atom is -0.546 e. The summed E-state index contributed by atoms with van der Waals surface area (Å²) in [4.78, 5) is 36.8. The Labute approximate surface area is 211 Å². The first kappa shape index (κ1) is 25.7. The fourth-order valence-electron chi connectivity index (χ4n) is 7.58. The second-order valence-electron chi connectivity index (χ2n) is 10.7. The van der Waals surface area contributed by atoms with Gasteiger partial charge in [-0.2, -0.15) is 0 Å². The standard InChI is InChI=1S/C24H34O7.Na/c1-13(2)30-21(29)31-24(20(27)28)10-8-17-16-6-5-14-11-15(25)7-9-22(14,3)19(16)18(26)12-23(17,24)4;/h11,13,16-19,26H,5-10,12H2,1-4H3,(H,27,28);/q;+1/p-1/t16?,17?,18-,19?,22-,23-,24-;/m0./s1. The van der Waals surface area contributed by atoms with Gasteiger partial charge in [-0.3, -0.25) is 4.79 Å². The number of ether oxygens (including phenoxy) is 2. The van der Waals surface area contributed by atoms with E-state index in [4.69, 9.17) is 9.47 Å². The number of hydrogen-bond acceptors (Lipinski definition) is 7. The number of rotatable bonds is 3. The molecule has 0 aliphatic heterocycles. The summed E-state index contributed by atoms with van der Waals surface area (Å²) in [5.41, 5.74) is -1.92. The molecule has 8 heteroatoms. The van der Waals surface area contributed by atoms with Crippen LogP contribution in [0.3, 0.4) is 0 Å². The molecule has 0 bridgehead atoms. The van der Waals surface area contributed by atoms with E-state index in [0.29, 0.717) is 19.3 Å². The average molecular weight is 457 g/mol. The van der Waals surface area contributed by atoms with Gasteiger partial charge in [0.05, 0.1) is 18.2 Å². The number of aliphatic carboxylic acids is 1. The van der Waals surface area contributed by atoms with Crippen molar-refractivity contribution in [2.45, 2.75) is 90.4 Å². The van der Waals surface area contributed by atoms with Gasteiger partial charge in [-0.15, -0.1) is 0 Å². The van der Waals surface area contributed by atoms with Gasteiger partial charge in [0.1, 0.15) is 0 Å². The van der Waals surface area contributed by atoms with E-state index in [2.05, 4.69) is 6.92 Å². The van der Waals surface area contributed by atoms with Crippen LogP contribution < -0.4 is 34.7 Å². The summed E-state index contributed by atoms with van der Waals surface area (Å²) in [6.07, 6.45) is 3.26. The van der Waals surface area contributed by atoms with Crippen molar-refractivity contribution in [1.82, 2.24) is 0 Å². The zero-order chi connectivity index (χ0) is 22.8. The normalized spacial score (nSPS) is 42.7. The van der Waals surface area contributed by atoms with Gasteiger partial charge in [-0.1, -0.05) is 19.4 Å². The molecule has 0 aromatic rings. The molecule has 0 spiro atoms. The summed E-state index contributed by atoms with van der Waals surface area (Å²) in [5, 5.41) is 23.8. The average Bonchev–Trinajstić information content (AvgIpc) is 2.94. The van der Waals surface area contributed by atoms with E-state index in [0.717, 1.165) is 18.4 Å². The summed E-state index contributed by atoms with van der Waals surface area (Å²) >= 11 is 0. The van der Waals surface area contributed by atoms with Gasteiger partial charge in [0, 0.05) is 11.8 Å². The largest absolute Gasteiger partial charge is 1.00 e. The number of carboxylic acids is 1.